The molecule has 1 unspecified atom stereocenters. The summed E-state index contributed by atoms with van der Waals surface area (Å²) in [5.41, 5.74) is 1.88. The second-order valence-electron chi connectivity index (χ2n) is 8.95. The third kappa shape index (κ3) is 7.44. The molecule has 1 atom stereocenters. The third-order valence-electron chi connectivity index (χ3n) is 6.10. The molecule has 0 saturated carbocycles. The normalized spacial score (nSPS) is 20.6. The molecule has 2 aliphatic heterocycles. The largest absolute Gasteiger partial charge is 0.490 e. The molecule has 196 valence electrons. The van der Waals surface area contributed by atoms with Crippen molar-refractivity contribution in [2.45, 2.75) is 26.1 Å². The van der Waals surface area contributed by atoms with E-state index in [4.69, 9.17) is 9.90 Å². The number of thiophene rings is 1. The number of carboxylic acids is 1. The van der Waals surface area contributed by atoms with Gasteiger partial charge in [-0.25, -0.2) is 9.59 Å². The molecule has 4 rings (SSSR count). The zero-order valence-corrected chi connectivity index (χ0v) is 20.6. The van der Waals surface area contributed by atoms with Crippen LogP contribution in [0.1, 0.15) is 18.9 Å². The Morgan fingerprint density at radius 3 is 2.36 bits per heavy atom. The number of carbonyl (C=O) groups is 3. The molecule has 2 aliphatic rings. The molecular formula is C24H29F3N4O4S. The highest BCUT2D eigenvalue weighted by atomic mass is 32.1. The number of benzene rings is 1. The minimum atomic E-state index is -5.08. The summed E-state index contributed by atoms with van der Waals surface area (Å²) in [4.78, 5) is 40.7. The topological polar surface area (TPSA) is 93.2 Å². The number of hydrogen-bond acceptors (Lipinski definition) is 5. The fraction of sp³-hybridized carbons (Fsp3) is 0.458. The van der Waals surface area contributed by atoms with E-state index in [9.17, 15) is 22.8 Å². The number of anilines is 1. The molecule has 1 aromatic heterocycles. The summed E-state index contributed by atoms with van der Waals surface area (Å²) < 4.78 is 31.7. The number of carboxylic acid groups (broad SMARTS) is 1. The van der Waals surface area contributed by atoms with E-state index in [0.717, 1.165) is 38.4 Å². The summed E-state index contributed by atoms with van der Waals surface area (Å²) in [6, 6.07) is 11.6. The van der Waals surface area contributed by atoms with Crippen molar-refractivity contribution in [3.63, 3.8) is 0 Å². The Kier molecular flexibility index (Phi) is 8.96. The number of aliphatic carboxylic acids is 1. The van der Waals surface area contributed by atoms with Crippen LogP contribution in [0.5, 0.6) is 0 Å². The lowest BCUT2D eigenvalue weighted by Gasteiger charge is -2.33. The zero-order valence-electron chi connectivity index (χ0n) is 19.8. The molecule has 0 aliphatic carbocycles. The van der Waals surface area contributed by atoms with Crippen LogP contribution in [0.15, 0.2) is 47.2 Å². The minimum Gasteiger partial charge on any atom is -0.475 e. The molecule has 1 spiro atoms. The smallest absolute Gasteiger partial charge is 0.475 e. The Bertz CT molecular complexity index is 1040. The minimum absolute atomic E-state index is 0.0876. The number of hydrogen-bond donors (Lipinski definition) is 2. The third-order valence-corrected chi connectivity index (χ3v) is 6.83. The molecule has 2 fully saturated rings. The van der Waals surface area contributed by atoms with Crippen molar-refractivity contribution in [2.24, 2.45) is 5.41 Å². The lowest BCUT2D eigenvalue weighted by atomic mass is 9.86. The van der Waals surface area contributed by atoms with Crippen molar-refractivity contribution < 1.29 is 32.7 Å². The Labute approximate surface area is 211 Å². The van der Waals surface area contributed by atoms with Crippen LogP contribution in [0.4, 0.5) is 23.7 Å². The van der Waals surface area contributed by atoms with Gasteiger partial charge in [0.05, 0.1) is 0 Å². The Balaban J connectivity index is 0.000000454. The number of nitrogens with zero attached hydrogens (tertiary/aromatic N) is 3. The lowest BCUT2D eigenvalue weighted by molar-refractivity contribution is -0.192. The van der Waals surface area contributed by atoms with Gasteiger partial charge in [0.25, 0.3) is 0 Å². The standard InChI is InChI=1S/C22H28N4O2S.C2HF3O2/c1-2-25-16-22(12-20(25)27)15-24(13-18-8-11-29-14-18)9-10-26(17-22)21(28)23-19-6-4-3-5-7-19;3-2(4,5)1(6)7/h3-8,11,14H,2,9-10,12-13,15-17H2,1H3,(H,23,28);(H,6,7). The molecular weight excluding hydrogens is 497 g/mol. The van der Waals surface area contributed by atoms with Crippen molar-refractivity contribution >= 4 is 34.9 Å². The average molecular weight is 527 g/mol. The summed E-state index contributed by atoms with van der Waals surface area (Å²) in [5, 5.41) is 14.4. The second-order valence-corrected chi connectivity index (χ2v) is 9.73. The summed E-state index contributed by atoms with van der Waals surface area (Å²) in [5.74, 6) is -2.55. The summed E-state index contributed by atoms with van der Waals surface area (Å²) in [6.07, 6.45) is -4.57. The van der Waals surface area contributed by atoms with E-state index in [-0.39, 0.29) is 17.4 Å². The van der Waals surface area contributed by atoms with Gasteiger partial charge >= 0.3 is 18.2 Å². The zero-order chi connectivity index (χ0) is 26.3. The van der Waals surface area contributed by atoms with E-state index >= 15 is 0 Å². The number of rotatable bonds is 4. The highest BCUT2D eigenvalue weighted by Gasteiger charge is 2.46. The molecule has 2 saturated heterocycles. The van der Waals surface area contributed by atoms with Crippen LogP contribution in [0.3, 0.4) is 0 Å². The molecule has 1 aromatic carbocycles. The van der Waals surface area contributed by atoms with Gasteiger partial charge in [-0.15, -0.1) is 0 Å². The Morgan fingerprint density at radius 1 is 1.11 bits per heavy atom. The molecule has 8 nitrogen and oxygen atoms in total. The van der Waals surface area contributed by atoms with Crippen molar-refractivity contribution in [3.8, 4) is 0 Å². The number of amides is 3. The first kappa shape index (κ1) is 27.5. The fourth-order valence-electron chi connectivity index (χ4n) is 4.50. The van der Waals surface area contributed by atoms with Gasteiger partial charge in [0.15, 0.2) is 0 Å². The molecule has 12 heteroatoms. The first-order valence-corrected chi connectivity index (χ1v) is 12.4. The van der Waals surface area contributed by atoms with E-state index < -0.39 is 12.1 Å². The maximum atomic E-state index is 13.0. The average Bonchev–Trinajstić information content (AvgIpc) is 3.39. The molecule has 0 radical (unpaired) electrons. The molecule has 2 aromatic rings. The van der Waals surface area contributed by atoms with Gasteiger partial charge < -0.3 is 20.2 Å². The molecule has 3 heterocycles. The molecule has 2 N–H and O–H groups in total. The van der Waals surface area contributed by atoms with Crippen molar-refractivity contribution in [3.05, 3.63) is 52.7 Å². The van der Waals surface area contributed by atoms with Crippen LogP contribution in [-0.2, 0) is 16.1 Å². The molecule has 0 bridgehead atoms. The quantitative estimate of drug-likeness (QED) is 0.629. The van der Waals surface area contributed by atoms with Gasteiger partial charge in [0.2, 0.25) is 5.91 Å². The number of urea groups is 1. The fourth-order valence-corrected chi connectivity index (χ4v) is 5.16. The van der Waals surface area contributed by atoms with Crippen LogP contribution in [0, 0.1) is 5.41 Å². The van der Waals surface area contributed by atoms with Gasteiger partial charge in [-0.05, 0) is 41.4 Å². The SMILES string of the molecule is CCN1CC2(CC1=O)CN(Cc1ccsc1)CCN(C(=O)Nc1ccccc1)C2.O=C(O)C(F)(F)F. The summed E-state index contributed by atoms with van der Waals surface area (Å²) >= 11 is 1.70. The highest BCUT2D eigenvalue weighted by molar-refractivity contribution is 7.07. The first-order valence-electron chi connectivity index (χ1n) is 11.4. The molecule has 36 heavy (non-hydrogen) atoms. The number of para-hydroxylation sites is 1. The van der Waals surface area contributed by atoms with E-state index in [1.165, 1.54) is 5.56 Å². The number of nitrogens with one attached hydrogen (secondary N) is 1. The van der Waals surface area contributed by atoms with Gasteiger partial charge in [-0.2, -0.15) is 24.5 Å². The predicted octanol–water partition coefficient (Wildman–Crippen LogP) is 3.97. The van der Waals surface area contributed by atoms with Gasteiger partial charge in [-0.1, -0.05) is 18.2 Å². The van der Waals surface area contributed by atoms with Gasteiger partial charge in [0, 0.05) is 63.3 Å². The van der Waals surface area contributed by atoms with Crippen LogP contribution >= 0.6 is 11.3 Å². The maximum Gasteiger partial charge on any atom is 0.490 e. The first-order chi connectivity index (χ1) is 17.0. The van der Waals surface area contributed by atoms with Crippen LogP contribution in [0.25, 0.3) is 0 Å². The van der Waals surface area contributed by atoms with E-state index in [2.05, 4.69) is 27.0 Å². The number of alkyl halides is 3. The van der Waals surface area contributed by atoms with Crippen LogP contribution in [-0.4, -0.2) is 83.2 Å². The molecule has 3 amide bonds. The highest BCUT2D eigenvalue weighted by Crippen LogP contribution is 2.35. The Morgan fingerprint density at radius 2 is 1.81 bits per heavy atom. The van der Waals surface area contributed by atoms with Crippen LogP contribution in [0.2, 0.25) is 0 Å². The second kappa shape index (κ2) is 11.7. The number of likely N-dealkylation sites (tertiary alicyclic amines) is 1. The van der Waals surface area contributed by atoms with Gasteiger partial charge in [0.1, 0.15) is 0 Å². The Hall–Kier alpha value is -3.12. The van der Waals surface area contributed by atoms with Crippen molar-refractivity contribution in [1.29, 1.82) is 0 Å². The predicted molar refractivity (Wildman–Crippen MR) is 130 cm³/mol. The summed E-state index contributed by atoms with van der Waals surface area (Å²) in [7, 11) is 0. The van der Waals surface area contributed by atoms with Crippen molar-refractivity contribution in [2.75, 3.05) is 44.6 Å². The van der Waals surface area contributed by atoms with E-state index in [1.54, 1.807) is 11.3 Å². The van der Waals surface area contributed by atoms with E-state index in [1.807, 2.05) is 47.1 Å². The lowest BCUT2D eigenvalue weighted by Crippen LogP contribution is -2.45. The maximum absolute atomic E-state index is 13.0. The van der Waals surface area contributed by atoms with Gasteiger partial charge in [-0.3, -0.25) is 9.69 Å². The van der Waals surface area contributed by atoms with E-state index in [0.29, 0.717) is 19.5 Å². The number of halogens is 3. The van der Waals surface area contributed by atoms with Crippen LogP contribution < -0.4 is 5.32 Å². The monoisotopic (exact) mass is 526 g/mol. The summed E-state index contributed by atoms with van der Waals surface area (Å²) in [6.45, 7) is 7.23. The van der Waals surface area contributed by atoms with Crippen molar-refractivity contribution in [1.82, 2.24) is 14.7 Å². The number of carbonyl (C=O) groups excluding carboxylic acids is 2.